The van der Waals surface area contributed by atoms with Crippen molar-refractivity contribution in [3.63, 3.8) is 0 Å². The topological polar surface area (TPSA) is 119 Å². The standard InChI is InChI=1S/C22H25N5O5/c1-22(2,3)26-18-8-10-24(13-14(18)12-23-26)19(28)5-4-9-25-20(29)16-7-6-15(27(31)32)11-17(16)21(25)30/h6-7,11-12H,4-5,8-10,13H2,1-3H3. The molecule has 0 radical (unpaired) electrons. The molecule has 2 aromatic rings. The van der Waals surface area contributed by atoms with Crippen LogP contribution in [0.15, 0.2) is 24.4 Å². The zero-order valence-corrected chi connectivity index (χ0v) is 18.3. The van der Waals surface area contributed by atoms with Crippen LogP contribution in [-0.2, 0) is 23.3 Å². The molecule has 0 unspecified atom stereocenters. The fourth-order valence-corrected chi connectivity index (χ4v) is 4.26. The number of imide groups is 1. The van der Waals surface area contributed by atoms with Crippen LogP contribution in [0, 0.1) is 10.1 Å². The minimum Gasteiger partial charge on any atom is -0.338 e. The first-order chi connectivity index (χ1) is 15.1. The highest BCUT2D eigenvalue weighted by Gasteiger charge is 2.36. The molecule has 0 saturated carbocycles. The fourth-order valence-electron chi connectivity index (χ4n) is 4.26. The predicted molar refractivity (Wildman–Crippen MR) is 114 cm³/mol. The molecule has 0 aliphatic carbocycles. The molecule has 2 aliphatic rings. The molecule has 0 atom stereocenters. The number of nitro groups is 1. The number of amides is 3. The van der Waals surface area contributed by atoms with Crippen LogP contribution in [0.25, 0.3) is 0 Å². The minimum atomic E-state index is -0.603. The quantitative estimate of drug-likeness (QED) is 0.401. The summed E-state index contributed by atoms with van der Waals surface area (Å²) in [6.45, 7) is 7.47. The Morgan fingerprint density at radius 3 is 2.59 bits per heavy atom. The average Bonchev–Trinajstić information content (AvgIpc) is 3.27. The summed E-state index contributed by atoms with van der Waals surface area (Å²) in [5.41, 5.74) is 2.04. The van der Waals surface area contributed by atoms with Crippen LogP contribution in [0.3, 0.4) is 0 Å². The van der Waals surface area contributed by atoms with Crippen molar-refractivity contribution < 1.29 is 19.3 Å². The van der Waals surface area contributed by atoms with E-state index in [9.17, 15) is 24.5 Å². The highest BCUT2D eigenvalue weighted by atomic mass is 16.6. The first-order valence-corrected chi connectivity index (χ1v) is 10.6. The molecule has 168 valence electrons. The van der Waals surface area contributed by atoms with E-state index in [1.807, 2.05) is 10.9 Å². The van der Waals surface area contributed by atoms with Gasteiger partial charge in [-0.05, 0) is 33.3 Å². The molecule has 0 N–H and O–H groups in total. The van der Waals surface area contributed by atoms with Crippen molar-refractivity contribution in [2.75, 3.05) is 13.1 Å². The van der Waals surface area contributed by atoms with Gasteiger partial charge in [-0.3, -0.25) is 34.1 Å². The molecule has 2 aliphatic heterocycles. The SMILES string of the molecule is CC(C)(C)n1ncc2c1CCN(C(=O)CCCN1C(=O)c3ccc([N+](=O)[O-])cc3C1=O)C2. The summed E-state index contributed by atoms with van der Waals surface area (Å²) in [5.74, 6) is -1.07. The van der Waals surface area contributed by atoms with Gasteiger partial charge in [0.1, 0.15) is 0 Å². The predicted octanol–water partition coefficient (Wildman–Crippen LogP) is 2.51. The van der Waals surface area contributed by atoms with Crippen molar-refractivity contribution in [3.8, 4) is 0 Å². The van der Waals surface area contributed by atoms with Gasteiger partial charge in [0.05, 0.1) is 27.8 Å². The van der Waals surface area contributed by atoms with E-state index in [4.69, 9.17) is 0 Å². The lowest BCUT2D eigenvalue weighted by atomic mass is 10.0. The molecule has 10 nitrogen and oxygen atoms in total. The number of rotatable bonds is 5. The summed E-state index contributed by atoms with van der Waals surface area (Å²) in [6.07, 6.45) is 3.08. The summed E-state index contributed by atoms with van der Waals surface area (Å²) >= 11 is 0. The number of benzene rings is 1. The van der Waals surface area contributed by atoms with E-state index in [0.29, 0.717) is 19.5 Å². The number of nitro benzene ring substituents is 1. The number of hydrogen-bond donors (Lipinski definition) is 0. The summed E-state index contributed by atoms with van der Waals surface area (Å²) in [7, 11) is 0. The Morgan fingerprint density at radius 1 is 1.19 bits per heavy atom. The van der Waals surface area contributed by atoms with E-state index in [2.05, 4.69) is 25.9 Å². The third kappa shape index (κ3) is 3.76. The van der Waals surface area contributed by atoms with Gasteiger partial charge >= 0.3 is 0 Å². The molecule has 1 aromatic heterocycles. The molecule has 3 heterocycles. The maximum absolute atomic E-state index is 12.7. The molecule has 0 spiro atoms. The van der Waals surface area contributed by atoms with Crippen LogP contribution in [0.1, 0.15) is 65.6 Å². The molecule has 0 bridgehead atoms. The smallest absolute Gasteiger partial charge is 0.270 e. The van der Waals surface area contributed by atoms with Crippen LogP contribution >= 0.6 is 0 Å². The van der Waals surface area contributed by atoms with Crippen LogP contribution in [0.5, 0.6) is 0 Å². The van der Waals surface area contributed by atoms with Crippen molar-refractivity contribution in [1.29, 1.82) is 0 Å². The number of carbonyl (C=O) groups excluding carboxylic acids is 3. The molecule has 32 heavy (non-hydrogen) atoms. The van der Waals surface area contributed by atoms with Gasteiger partial charge in [-0.1, -0.05) is 0 Å². The zero-order valence-electron chi connectivity index (χ0n) is 18.3. The van der Waals surface area contributed by atoms with Gasteiger partial charge in [0.15, 0.2) is 0 Å². The van der Waals surface area contributed by atoms with Crippen molar-refractivity contribution in [1.82, 2.24) is 19.6 Å². The van der Waals surface area contributed by atoms with Gasteiger partial charge < -0.3 is 4.90 Å². The Labute approximate surface area is 184 Å². The first-order valence-electron chi connectivity index (χ1n) is 10.6. The molecule has 3 amide bonds. The molecule has 10 heteroatoms. The van der Waals surface area contributed by atoms with Crippen molar-refractivity contribution >= 4 is 23.4 Å². The van der Waals surface area contributed by atoms with Crippen molar-refractivity contribution in [2.45, 2.75) is 52.1 Å². The van der Waals surface area contributed by atoms with Gasteiger partial charge in [-0.2, -0.15) is 5.10 Å². The molecular weight excluding hydrogens is 414 g/mol. The van der Waals surface area contributed by atoms with Crippen molar-refractivity contribution in [2.24, 2.45) is 0 Å². The Balaban J connectivity index is 1.35. The second-order valence-electron chi connectivity index (χ2n) is 9.12. The third-order valence-electron chi connectivity index (χ3n) is 5.86. The van der Waals surface area contributed by atoms with E-state index >= 15 is 0 Å². The monoisotopic (exact) mass is 439 g/mol. The summed E-state index contributed by atoms with van der Waals surface area (Å²) in [5, 5.41) is 15.4. The van der Waals surface area contributed by atoms with E-state index in [-0.39, 0.29) is 41.2 Å². The Morgan fingerprint density at radius 2 is 1.91 bits per heavy atom. The number of nitrogens with zero attached hydrogens (tertiary/aromatic N) is 5. The molecule has 4 rings (SSSR count). The number of aromatic nitrogens is 2. The Kier molecular flexibility index (Phi) is 5.31. The zero-order chi connectivity index (χ0) is 23.2. The van der Waals surface area contributed by atoms with Gasteiger partial charge in [0, 0.05) is 55.9 Å². The van der Waals surface area contributed by atoms with Crippen molar-refractivity contribution in [3.05, 3.63) is 56.9 Å². The van der Waals surface area contributed by atoms with Crippen LogP contribution in [-0.4, -0.2) is 55.3 Å². The van der Waals surface area contributed by atoms with Gasteiger partial charge in [-0.15, -0.1) is 0 Å². The van der Waals surface area contributed by atoms with Gasteiger partial charge in [0.25, 0.3) is 17.5 Å². The number of hydrogen-bond acceptors (Lipinski definition) is 6. The lowest BCUT2D eigenvalue weighted by Gasteiger charge is -2.30. The number of fused-ring (bicyclic) bond motifs is 2. The Bertz CT molecular complexity index is 1130. The second-order valence-corrected chi connectivity index (χ2v) is 9.12. The van der Waals surface area contributed by atoms with E-state index < -0.39 is 16.7 Å². The molecule has 1 aromatic carbocycles. The fraction of sp³-hybridized carbons (Fsp3) is 0.455. The largest absolute Gasteiger partial charge is 0.338 e. The van der Waals surface area contributed by atoms with E-state index in [1.165, 1.54) is 12.1 Å². The molecule has 0 fully saturated rings. The normalized spacial score (nSPS) is 15.7. The van der Waals surface area contributed by atoms with E-state index in [1.54, 1.807) is 4.90 Å². The van der Waals surface area contributed by atoms with Crippen LogP contribution in [0.4, 0.5) is 5.69 Å². The second kappa shape index (κ2) is 7.85. The highest BCUT2D eigenvalue weighted by molar-refractivity contribution is 6.21. The average molecular weight is 439 g/mol. The highest BCUT2D eigenvalue weighted by Crippen LogP contribution is 2.28. The lowest BCUT2D eigenvalue weighted by molar-refractivity contribution is -0.384. The number of non-ortho nitro benzene ring substituents is 1. The maximum atomic E-state index is 12.7. The van der Waals surface area contributed by atoms with Gasteiger partial charge in [0.2, 0.25) is 5.91 Å². The van der Waals surface area contributed by atoms with Crippen LogP contribution < -0.4 is 0 Å². The summed E-state index contributed by atoms with van der Waals surface area (Å²) < 4.78 is 2.01. The maximum Gasteiger partial charge on any atom is 0.270 e. The molecular formula is C22H25N5O5. The first kappa shape index (κ1) is 21.7. The summed E-state index contributed by atoms with van der Waals surface area (Å²) in [4.78, 5) is 51.0. The molecule has 0 saturated heterocycles. The number of carbonyl (C=O) groups is 3. The Hall–Kier alpha value is -3.56. The van der Waals surface area contributed by atoms with Crippen LogP contribution in [0.2, 0.25) is 0 Å². The minimum absolute atomic E-state index is 0.0357. The van der Waals surface area contributed by atoms with Gasteiger partial charge in [-0.25, -0.2) is 0 Å². The lowest BCUT2D eigenvalue weighted by Crippen LogP contribution is -2.38. The third-order valence-corrected chi connectivity index (χ3v) is 5.86. The van der Waals surface area contributed by atoms with E-state index in [0.717, 1.165) is 28.6 Å². The summed E-state index contributed by atoms with van der Waals surface area (Å²) in [6, 6.07) is 3.65.